The molecule has 0 radical (unpaired) electrons. The number of halogens is 4. The number of pyridine rings is 1. The zero-order valence-electron chi connectivity index (χ0n) is 18.7. The number of amides is 1. The van der Waals surface area contributed by atoms with E-state index in [1.807, 2.05) is 25.1 Å². The van der Waals surface area contributed by atoms with Gasteiger partial charge in [0.25, 0.3) is 5.91 Å². The first-order chi connectivity index (χ1) is 16.5. The molecule has 3 aromatic rings. The molecule has 0 unspecified atom stereocenters. The molecule has 1 heterocycles. The second-order valence-corrected chi connectivity index (χ2v) is 8.30. The molecule has 2 aromatic carbocycles. The van der Waals surface area contributed by atoms with Gasteiger partial charge in [0.1, 0.15) is 28.7 Å². The summed E-state index contributed by atoms with van der Waals surface area (Å²) in [5.74, 6) is -5.53. The van der Waals surface area contributed by atoms with Crippen LogP contribution in [0.25, 0.3) is 0 Å². The number of hydrogen-bond acceptors (Lipinski definition) is 5. The second kappa shape index (κ2) is 10.6. The third kappa shape index (κ3) is 5.65. The van der Waals surface area contributed by atoms with Gasteiger partial charge in [-0.15, -0.1) is 0 Å². The fourth-order valence-corrected chi connectivity index (χ4v) is 3.77. The Hall–Kier alpha value is -3.79. The molecule has 3 rings (SSSR count). The Morgan fingerprint density at radius 3 is 2.43 bits per heavy atom. The molecule has 0 saturated heterocycles. The maximum absolute atomic E-state index is 13.9. The molecule has 35 heavy (non-hydrogen) atoms. The van der Waals surface area contributed by atoms with Crippen LogP contribution in [-0.2, 0) is 19.5 Å². The molecule has 0 atom stereocenters. The lowest BCUT2D eigenvalue weighted by Gasteiger charge is -2.19. The summed E-state index contributed by atoms with van der Waals surface area (Å²) in [7, 11) is 3.67. The molecule has 184 valence electrons. The minimum Gasteiger partial charge on any atom is -0.503 e. The minimum absolute atomic E-state index is 0.0879. The number of aromatic hydroxyl groups is 1. The van der Waals surface area contributed by atoms with Crippen molar-refractivity contribution >= 4 is 29.5 Å². The van der Waals surface area contributed by atoms with E-state index in [-0.39, 0.29) is 18.5 Å². The molecule has 0 fully saturated rings. The monoisotopic (exact) mass is 507 g/mol. The normalized spacial score (nSPS) is 10.8. The van der Waals surface area contributed by atoms with Crippen molar-refractivity contribution in [3.8, 4) is 5.75 Å². The van der Waals surface area contributed by atoms with E-state index in [2.05, 4.69) is 5.32 Å². The van der Waals surface area contributed by atoms with Gasteiger partial charge in [-0.2, -0.15) is 0 Å². The van der Waals surface area contributed by atoms with Crippen LogP contribution in [0.2, 0.25) is 5.02 Å². The average Bonchev–Trinajstić information content (AvgIpc) is 2.78. The Morgan fingerprint density at radius 1 is 1.17 bits per heavy atom. The third-order valence-electron chi connectivity index (χ3n) is 5.33. The van der Waals surface area contributed by atoms with Gasteiger partial charge in [-0.05, 0) is 30.2 Å². The smallest absolute Gasteiger partial charge is 0.257 e. The quantitative estimate of drug-likeness (QED) is 0.454. The summed E-state index contributed by atoms with van der Waals surface area (Å²) >= 11 is 6.10. The zero-order chi connectivity index (χ0) is 25.9. The fourth-order valence-electron chi connectivity index (χ4n) is 3.57. The van der Waals surface area contributed by atoms with E-state index < -0.39 is 52.2 Å². The second-order valence-electron chi connectivity index (χ2n) is 7.87. The Balaban J connectivity index is 1.90. The van der Waals surface area contributed by atoms with Crippen molar-refractivity contribution in [1.82, 2.24) is 9.88 Å². The van der Waals surface area contributed by atoms with Gasteiger partial charge in [-0.1, -0.05) is 11.6 Å². The maximum atomic E-state index is 13.9. The van der Waals surface area contributed by atoms with Crippen molar-refractivity contribution < 1.29 is 27.9 Å². The highest BCUT2D eigenvalue weighted by atomic mass is 35.5. The van der Waals surface area contributed by atoms with Crippen LogP contribution >= 0.6 is 11.6 Å². The molecule has 0 aliphatic carbocycles. The van der Waals surface area contributed by atoms with Crippen LogP contribution in [0.5, 0.6) is 5.75 Å². The lowest BCUT2D eigenvalue weighted by molar-refractivity contribution is 0.0946. The van der Waals surface area contributed by atoms with Crippen LogP contribution in [0.15, 0.2) is 41.3 Å². The van der Waals surface area contributed by atoms with Gasteiger partial charge in [-0.3, -0.25) is 14.4 Å². The zero-order valence-corrected chi connectivity index (χ0v) is 19.5. The van der Waals surface area contributed by atoms with E-state index in [1.165, 1.54) is 4.57 Å². The number of aldehydes is 1. The summed E-state index contributed by atoms with van der Waals surface area (Å²) in [6.45, 7) is -0.592. The molecule has 1 amide bonds. The van der Waals surface area contributed by atoms with E-state index in [0.717, 1.165) is 17.4 Å². The first kappa shape index (κ1) is 25.8. The molecular formula is C24H21ClF3N3O4. The maximum Gasteiger partial charge on any atom is 0.257 e. The number of aromatic nitrogens is 1. The van der Waals surface area contributed by atoms with Crippen LogP contribution < -0.4 is 15.6 Å². The number of hydrogen-bond donors (Lipinski definition) is 2. The Morgan fingerprint density at radius 2 is 1.83 bits per heavy atom. The van der Waals surface area contributed by atoms with Crippen molar-refractivity contribution in [1.29, 1.82) is 0 Å². The van der Waals surface area contributed by atoms with Crippen molar-refractivity contribution in [3.05, 3.63) is 91.6 Å². The van der Waals surface area contributed by atoms with Crippen molar-refractivity contribution in [2.75, 3.05) is 19.0 Å². The number of carbonyl (C=O) groups is 2. The summed E-state index contributed by atoms with van der Waals surface area (Å²) in [5.41, 5.74) is -0.950. The molecule has 0 bridgehead atoms. The van der Waals surface area contributed by atoms with E-state index in [9.17, 15) is 32.7 Å². The van der Waals surface area contributed by atoms with Crippen LogP contribution in [0.1, 0.15) is 32.0 Å². The van der Waals surface area contributed by atoms with Gasteiger partial charge in [0.05, 0.1) is 0 Å². The van der Waals surface area contributed by atoms with Crippen molar-refractivity contribution in [2.45, 2.75) is 19.5 Å². The predicted molar refractivity (Wildman–Crippen MR) is 125 cm³/mol. The van der Waals surface area contributed by atoms with Gasteiger partial charge in [0.15, 0.2) is 12.0 Å². The Labute approximate surface area is 203 Å². The lowest BCUT2D eigenvalue weighted by Crippen LogP contribution is -2.31. The van der Waals surface area contributed by atoms with Crippen LogP contribution in [-0.4, -0.2) is 36.0 Å². The number of carbonyl (C=O) groups excluding carboxylic acids is 2. The number of anilines is 1. The van der Waals surface area contributed by atoms with Gasteiger partial charge in [0.2, 0.25) is 5.43 Å². The SMILES string of the molecule is CN(C)c1ccc(Cl)cc1CCn1cc(C(=O)NCc2c(F)cc(F)cc2F)c(=O)c(O)c1C=O. The number of aryl methyl sites for hydroxylation is 2. The number of nitrogens with zero attached hydrogens (tertiary/aromatic N) is 2. The largest absolute Gasteiger partial charge is 0.503 e. The first-order valence-electron chi connectivity index (χ1n) is 10.3. The topological polar surface area (TPSA) is 91.6 Å². The highest BCUT2D eigenvalue weighted by Gasteiger charge is 2.21. The molecule has 7 nitrogen and oxygen atoms in total. The first-order valence-corrected chi connectivity index (χ1v) is 10.7. The number of rotatable bonds is 8. The Kier molecular flexibility index (Phi) is 7.85. The summed E-state index contributed by atoms with van der Waals surface area (Å²) in [6, 6.07) is 6.19. The van der Waals surface area contributed by atoms with E-state index in [1.54, 1.807) is 12.1 Å². The van der Waals surface area contributed by atoms with E-state index in [4.69, 9.17) is 11.6 Å². The van der Waals surface area contributed by atoms with Crippen molar-refractivity contribution in [3.63, 3.8) is 0 Å². The van der Waals surface area contributed by atoms with Crippen LogP contribution in [0.4, 0.5) is 18.9 Å². The van der Waals surface area contributed by atoms with E-state index >= 15 is 0 Å². The number of nitrogens with one attached hydrogen (secondary N) is 1. The molecule has 0 saturated carbocycles. The lowest BCUT2D eigenvalue weighted by atomic mass is 10.1. The molecular weight excluding hydrogens is 487 g/mol. The molecule has 11 heteroatoms. The highest BCUT2D eigenvalue weighted by molar-refractivity contribution is 6.30. The molecule has 1 aromatic heterocycles. The standard InChI is InChI=1S/C24H21ClF3N3O4/c1-30(2)20-4-3-14(25)7-13(20)5-6-31-11-17(22(33)23(34)21(31)12-32)24(35)29-10-16-18(27)8-15(26)9-19(16)28/h3-4,7-9,11-12,34H,5-6,10H2,1-2H3,(H,29,35). The molecule has 0 aliphatic rings. The molecule has 0 aliphatic heterocycles. The average molecular weight is 508 g/mol. The molecule has 2 N–H and O–H groups in total. The fraction of sp³-hybridized carbons (Fsp3) is 0.208. The summed E-state index contributed by atoms with van der Waals surface area (Å²) < 4.78 is 42.0. The molecule has 0 spiro atoms. The summed E-state index contributed by atoms with van der Waals surface area (Å²) in [5, 5.41) is 12.9. The van der Waals surface area contributed by atoms with Crippen LogP contribution in [0.3, 0.4) is 0 Å². The highest BCUT2D eigenvalue weighted by Crippen LogP contribution is 2.24. The Bertz CT molecular complexity index is 1340. The van der Waals surface area contributed by atoms with Crippen LogP contribution in [0, 0.1) is 17.5 Å². The van der Waals surface area contributed by atoms with Gasteiger partial charge < -0.3 is 19.9 Å². The summed E-state index contributed by atoms with van der Waals surface area (Å²) in [4.78, 5) is 38.6. The number of benzene rings is 2. The van der Waals surface area contributed by atoms with Crippen molar-refractivity contribution in [2.24, 2.45) is 0 Å². The predicted octanol–water partition coefficient (Wildman–Crippen LogP) is 3.68. The third-order valence-corrected chi connectivity index (χ3v) is 5.56. The summed E-state index contributed by atoms with van der Waals surface area (Å²) in [6.07, 6.45) is 1.69. The van der Waals surface area contributed by atoms with Gasteiger partial charge in [0, 0.05) is 61.8 Å². The minimum atomic E-state index is -1.21. The van der Waals surface area contributed by atoms with Gasteiger partial charge >= 0.3 is 0 Å². The van der Waals surface area contributed by atoms with E-state index in [0.29, 0.717) is 23.6 Å². The van der Waals surface area contributed by atoms with Gasteiger partial charge in [-0.25, -0.2) is 13.2 Å².